The monoisotopic (exact) mass is 319 g/mol. The molecule has 4 nitrogen and oxygen atoms in total. The molecule has 17 heavy (non-hydrogen) atoms. The molecule has 0 bridgehead atoms. The summed E-state index contributed by atoms with van der Waals surface area (Å²) >= 11 is 4.60. The van der Waals surface area contributed by atoms with Crippen LogP contribution in [0.15, 0.2) is 0 Å². The third-order valence-corrected chi connectivity index (χ3v) is 3.41. The van der Waals surface area contributed by atoms with Crippen molar-refractivity contribution in [3.05, 3.63) is 10.6 Å². The number of hydrogen-bond acceptors (Lipinski definition) is 4. The maximum Gasteiger partial charge on any atom is 0.264 e. The van der Waals surface area contributed by atoms with Gasteiger partial charge >= 0.3 is 0 Å². The van der Waals surface area contributed by atoms with Crippen molar-refractivity contribution in [2.75, 3.05) is 6.54 Å². The first kappa shape index (κ1) is 14.6. The van der Waals surface area contributed by atoms with Crippen molar-refractivity contribution in [3.8, 4) is 0 Å². The molecule has 1 heterocycles. The van der Waals surface area contributed by atoms with E-state index in [1.54, 1.807) is 0 Å². The van der Waals surface area contributed by atoms with Crippen molar-refractivity contribution in [1.82, 2.24) is 14.9 Å². The SMILES string of the molecule is CC(Br)CCNC(=O)c1snnc1C(C)(C)C. The molecular weight excluding hydrogens is 302 g/mol. The standard InChI is InChI=1S/C11H18BrN3OS/c1-7(12)5-6-13-10(16)8-9(11(2,3)4)14-15-17-8/h7H,5-6H2,1-4H3,(H,13,16). The molecule has 0 aromatic carbocycles. The molecule has 1 N–H and O–H groups in total. The predicted octanol–water partition coefficient (Wildman–Crippen LogP) is 2.74. The van der Waals surface area contributed by atoms with Crippen LogP contribution in [0.2, 0.25) is 0 Å². The molecule has 1 amide bonds. The fourth-order valence-electron chi connectivity index (χ4n) is 1.30. The van der Waals surface area contributed by atoms with Crippen LogP contribution in [0, 0.1) is 0 Å². The minimum absolute atomic E-state index is 0.0712. The molecule has 0 aliphatic rings. The average Bonchev–Trinajstić information content (AvgIpc) is 2.64. The molecule has 1 atom stereocenters. The minimum atomic E-state index is -0.150. The van der Waals surface area contributed by atoms with Crippen LogP contribution in [0.5, 0.6) is 0 Å². The second-order valence-corrected chi connectivity index (χ2v) is 7.34. The van der Waals surface area contributed by atoms with Crippen molar-refractivity contribution < 1.29 is 4.79 Å². The molecule has 0 saturated heterocycles. The number of nitrogens with zero attached hydrogens (tertiary/aromatic N) is 2. The van der Waals surface area contributed by atoms with Crippen LogP contribution < -0.4 is 5.32 Å². The highest BCUT2D eigenvalue weighted by Gasteiger charge is 2.25. The fourth-order valence-corrected chi connectivity index (χ4v) is 2.32. The third-order valence-electron chi connectivity index (χ3n) is 2.23. The molecule has 0 aliphatic carbocycles. The summed E-state index contributed by atoms with van der Waals surface area (Å²) in [5, 5.41) is 6.94. The number of nitrogens with one attached hydrogen (secondary N) is 1. The van der Waals surface area contributed by atoms with E-state index in [2.05, 4.69) is 37.8 Å². The van der Waals surface area contributed by atoms with Crippen molar-refractivity contribution in [3.63, 3.8) is 0 Å². The number of alkyl halides is 1. The molecule has 1 rings (SSSR count). The lowest BCUT2D eigenvalue weighted by atomic mass is 9.91. The molecule has 0 aliphatic heterocycles. The lowest BCUT2D eigenvalue weighted by molar-refractivity contribution is 0.0955. The lowest BCUT2D eigenvalue weighted by Crippen LogP contribution is -2.27. The Bertz CT molecular complexity index is 384. The summed E-state index contributed by atoms with van der Waals surface area (Å²) in [7, 11) is 0. The molecule has 0 spiro atoms. The summed E-state index contributed by atoms with van der Waals surface area (Å²) in [5.74, 6) is -0.0712. The van der Waals surface area contributed by atoms with Crippen molar-refractivity contribution >= 4 is 33.4 Å². The van der Waals surface area contributed by atoms with E-state index in [4.69, 9.17) is 0 Å². The van der Waals surface area contributed by atoms with Crippen LogP contribution in [0.3, 0.4) is 0 Å². The number of rotatable bonds is 4. The van der Waals surface area contributed by atoms with Gasteiger partial charge in [0.25, 0.3) is 5.91 Å². The molecule has 96 valence electrons. The largest absolute Gasteiger partial charge is 0.351 e. The van der Waals surface area contributed by atoms with Gasteiger partial charge in [-0.3, -0.25) is 4.79 Å². The Hall–Kier alpha value is -0.490. The second kappa shape index (κ2) is 5.91. The second-order valence-electron chi connectivity index (χ2n) is 5.03. The maximum absolute atomic E-state index is 12.0. The molecule has 1 aromatic heterocycles. The highest BCUT2D eigenvalue weighted by Crippen LogP contribution is 2.25. The number of carbonyl (C=O) groups is 1. The molecule has 1 unspecified atom stereocenters. The predicted molar refractivity (Wildman–Crippen MR) is 73.9 cm³/mol. The van der Waals surface area contributed by atoms with Crippen LogP contribution in [0.1, 0.15) is 49.5 Å². The summed E-state index contributed by atoms with van der Waals surface area (Å²) in [6, 6.07) is 0. The van der Waals surface area contributed by atoms with Crippen molar-refractivity contribution in [2.45, 2.75) is 44.4 Å². The van der Waals surface area contributed by atoms with Gasteiger partial charge in [0.1, 0.15) is 4.88 Å². The molecule has 6 heteroatoms. The van der Waals surface area contributed by atoms with Gasteiger partial charge in [0.15, 0.2) is 0 Å². The fraction of sp³-hybridized carbons (Fsp3) is 0.727. The zero-order chi connectivity index (χ0) is 13.1. The van der Waals surface area contributed by atoms with Gasteiger partial charge in [0.2, 0.25) is 0 Å². The molecule has 0 radical (unpaired) electrons. The number of hydrogen-bond donors (Lipinski definition) is 1. The maximum atomic E-state index is 12.0. The zero-order valence-electron chi connectivity index (χ0n) is 10.6. The van der Waals surface area contributed by atoms with Gasteiger partial charge in [-0.2, -0.15) is 0 Å². The first-order valence-electron chi connectivity index (χ1n) is 5.57. The van der Waals surface area contributed by atoms with E-state index < -0.39 is 0 Å². The Kier molecular flexibility index (Phi) is 5.06. The van der Waals surface area contributed by atoms with Crippen LogP contribution >= 0.6 is 27.5 Å². The number of amides is 1. The van der Waals surface area contributed by atoms with Gasteiger partial charge in [0, 0.05) is 16.8 Å². The van der Waals surface area contributed by atoms with Crippen molar-refractivity contribution in [1.29, 1.82) is 0 Å². The Morgan fingerprint density at radius 2 is 2.18 bits per heavy atom. The van der Waals surface area contributed by atoms with Crippen LogP contribution in [0.4, 0.5) is 0 Å². The van der Waals surface area contributed by atoms with Gasteiger partial charge in [-0.1, -0.05) is 48.1 Å². The van der Waals surface area contributed by atoms with E-state index in [9.17, 15) is 4.79 Å². The van der Waals surface area contributed by atoms with Crippen LogP contribution in [-0.4, -0.2) is 26.9 Å². The van der Waals surface area contributed by atoms with E-state index in [-0.39, 0.29) is 11.3 Å². The third kappa shape index (κ3) is 4.35. The van der Waals surface area contributed by atoms with Gasteiger partial charge in [0.05, 0.1) is 5.69 Å². The Balaban J connectivity index is 2.67. The van der Waals surface area contributed by atoms with Crippen LogP contribution in [0.25, 0.3) is 0 Å². The Labute approximate surface area is 114 Å². The van der Waals surface area contributed by atoms with E-state index in [0.717, 1.165) is 23.6 Å². The summed E-state index contributed by atoms with van der Waals surface area (Å²) in [6.07, 6.45) is 0.906. The van der Waals surface area contributed by atoms with E-state index in [1.165, 1.54) is 0 Å². The molecule has 0 saturated carbocycles. The summed E-state index contributed by atoms with van der Waals surface area (Å²) in [5.41, 5.74) is 0.620. The van der Waals surface area contributed by atoms with Gasteiger partial charge < -0.3 is 5.32 Å². The summed E-state index contributed by atoms with van der Waals surface area (Å²) < 4.78 is 3.87. The molecule has 1 aromatic rings. The number of halogens is 1. The number of carbonyl (C=O) groups excluding carboxylic acids is 1. The Morgan fingerprint density at radius 3 is 2.71 bits per heavy atom. The highest BCUT2D eigenvalue weighted by molar-refractivity contribution is 9.09. The normalized spacial score (nSPS) is 13.5. The first-order valence-corrected chi connectivity index (χ1v) is 7.26. The van der Waals surface area contributed by atoms with Crippen LogP contribution in [-0.2, 0) is 5.41 Å². The lowest BCUT2D eigenvalue weighted by Gasteiger charge is -2.16. The summed E-state index contributed by atoms with van der Waals surface area (Å²) in [6.45, 7) is 8.80. The van der Waals surface area contributed by atoms with Gasteiger partial charge in [-0.25, -0.2) is 0 Å². The molecular formula is C11H18BrN3OS. The Morgan fingerprint density at radius 1 is 1.53 bits per heavy atom. The molecule has 0 fully saturated rings. The highest BCUT2D eigenvalue weighted by atomic mass is 79.9. The van der Waals surface area contributed by atoms with Gasteiger partial charge in [-0.05, 0) is 18.0 Å². The van der Waals surface area contributed by atoms with E-state index in [0.29, 0.717) is 16.2 Å². The number of aromatic nitrogens is 2. The summed E-state index contributed by atoms with van der Waals surface area (Å²) in [4.78, 5) is 13.0. The van der Waals surface area contributed by atoms with E-state index in [1.807, 2.05) is 20.8 Å². The topological polar surface area (TPSA) is 54.9 Å². The zero-order valence-corrected chi connectivity index (χ0v) is 13.0. The average molecular weight is 320 g/mol. The van der Waals surface area contributed by atoms with Crippen molar-refractivity contribution in [2.24, 2.45) is 0 Å². The van der Waals surface area contributed by atoms with Gasteiger partial charge in [-0.15, -0.1) is 5.10 Å². The quantitative estimate of drug-likeness (QED) is 0.868. The smallest absolute Gasteiger partial charge is 0.264 e. The first-order chi connectivity index (χ1) is 7.82. The minimum Gasteiger partial charge on any atom is -0.351 e. The van der Waals surface area contributed by atoms with E-state index >= 15 is 0 Å².